The van der Waals surface area contributed by atoms with Crippen molar-refractivity contribution in [2.24, 2.45) is 0 Å². The highest BCUT2D eigenvalue weighted by molar-refractivity contribution is 6.30. The lowest BCUT2D eigenvalue weighted by atomic mass is 10.2. The number of rotatable bonds is 6. The van der Waals surface area contributed by atoms with E-state index in [4.69, 9.17) is 16.7 Å². The molecule has 0 aliphatic rings. The molecule has 0 radical (unpaired) electrons. The molecule has 0 aromatic heterocycles. The fourth-order valence-corrected chi connectivity index (χ4v) is 1.62. The molecule has 0 unspecified atom stereocenters. The van der Waals surface area contributed by atoms with Crippen LogP contribution in [0.5, 0.6) is 0 Å². The van der Waals surface area contributed by atoms with Crippen molar-refractivity contribution in [3.05, 3.63) is 34.9 Å². The first-order valence-corrected chi connectivity index (χ1v) is 5.71. The number of aliphatic hydroxyl groups is 1. The van der Waals surface area contributed by atoms with Crippen molar-refractivity contribution in [2.75, 3.05) is 19.7 Å². The summed E-state index contributed by atoms with van der Waals surface area (Å²) in [5.41, 5.74) is 1.26. The Morgan fingerprint density at radius 2 is 1.93 bits per heavy atom. The standard InChI is InChI=1S/C12H18ClNO/c1-2-14(8-3-9-15)10-11-4-6-12(13)7-5-11/h4-7,15H,2-3,8-10H2,1H3. The number of halogens is 1. The van der Waals surface area contributed by atoms with E-state index < -0.39 is 0 Å². The molecule has 1 rings (SSSR count). The van der Waals surface area contributed by atoms with Crippen molar-refractivity contribution in [2.45, 2.75) is 19.9 Å². The van der Waals surface area contributed by atoms with Gasteiger partial charge in [-0.3, -0.25) is 4.90 Å². The van der Waals surface area contributed by atoms with Gasteiger partial charge in [0.25, 0.3) is 0 Å². The third-order valence-corrected chi connectivity index (χ3v) is 2.65. The summed E-state index contributed by atoms with van der Waals surface area (Å²) in [5, 5.41) is 9.54. The van der Waals surface area contributed by atoms with Crippen molar-refractivity contribution in [3.8, 4) is 0 Å². The lowest BCUT2D eigenvalue weighted by Crippen LogP contribution is -2.24. The molecule has 0 spiro atoms. The molecule has 0 fully saturated rings. The first-order valence-electron chi connectivity index (χ1n) is 5.34. The fourth-order valence-electron chi connectivity index (χ4n) is 1.49. The van der Waals surface area contributed by atoms with Gasteiger partial charge >= 0.3 is 0 Å². The van der Waals surface area contributed by atoms with Crippen LogP contribution in [-0.4, -0.2) is 29.7 Å². The van der Waals surface area contributed by atoms with E-state index in [9.17, 15) is 0 Å². The minimum absolute atomic E-state index is 0.261. The third-order valence-electron chi connectivity index (χ3n) is 2.40. The van der Waals surface area contributed by atoms with E-state index in [0.29, 0.717) is 0 Å². The van der Waals surface area contributed by atoms with Crippen LogP contribution in [0.4, 0.5) is 0 Å². The summed E-state index contributed by atoms with van der Waals surface area (Å²) in [6, 6.07) is 7.92. The van der Waals surface area contributed by atoms with E-state index in [1.165, 1.54) is 5.56 Å². The lowest BCUT2D eigenvalue weighted by Gasteiger charge is -2.19. The van der Waals surface area contributed by atoms with Gasteiger partial charge in [-0.05, 0) is 30.7 Å². The highest BCUT2D eigenvalue weighted by atomic mass is 35.5. The Kier molecular flexibility index (Phi) is 5.69. The summed E-state index contributed by atoms with van der Waals surface area (Å²) in [5.74, 6) is 0. The van der Waals surface area contributed by atoms with Gasteiger partial charge in [0.05, 0.1) is 0 Å². The molecule has 15 heavy (non-hydrogen) atoms. The van der Waals surface area contributed by atoms with Crippen LogP contribution in [0.15, 0.2) is 24.3 Å². The third kappa shape index (κ3) is 4.65. The minimum atomic E-state index is 0.261. The molecule has 1 aromatic carbocycles. The number of hydrogen-bond acceptors (Lipinski definition) is 2. The van der Waals surface area contributed by atoms with Gasteiger partial charge in [0.1, 0.15) is 0 Å². The van der Waals surface area contributed by atoms with E-state index in [2.05, 4.69) is 11.8 Å². The van der Waals surface area contributed by atoms with Crippen molar-refractivity contribution in [3.63, 3.8) is 0 Å². The number of aliphatic hydroxyl groups excluding tert-OH is 1. The van der Waals surface area contributed by atoms with Gasteiger partial charge in [0.15, 0.2) is 0 Å². The molecular weight excluding hydrogens is 210 g/mol. The second-order valence-corrected chi connectivity index (χ2v) is 4.01. The smallest absolute Gasteiger partial charge is 0.0443 e. The molecule has 0 atom stereocenters. The summed E-state index contributed by atoms with van der Waals surface area (Å²) in [7, 11) is 0. The van der Waals surface area contributed by atoms with E-state index >= 15 is 0 Å². The Hall–Kier alpha value is -0.570. The molecule has 3 heteroatoms. The van der Waals surface area contributed by atoms with Gasteiger partial charge in [-0.2, -0.15) is 0 Å². The second-order valence-electron chi connectivity index (χ2n) is 3.57. The molecule has 0 amide bonds. The van der Waals surface area contributed by atoms with Crippen molar-refractivity contribution >= 4 is 11.6 Å². The van der Waals surface area contributed by atoms with Crippen LogP contribution in [0.3, 0.4) is 0 Å². The van der Waals surface area contributed by atoms with Crippen LogP contribution in [-0.2, 0) is 6.54 Å². The van der Waals surface area contributed by atoms with Crippen LogP contribution in [0, 0.1) is 0 Å². The summed E-state index contributed by atoms with van der Waals surface area (Å²) in [6.45, 7) is 5.26. The van der Waals surface area contributed by atoms with E-state index in [0.717, 1.165) is 31.1 Å². The Morgan fingerprint density at radius 1 is 1.27 bits per heavy atom. The maximum Gasteiger partial charge on any atom is 0.0443 e. The molecule has 84 valence electrons. The van der Waals surface area contributed by atoms with Gasteiger partial charge in [-0.1, -0.05) is 30.7 Å². The fraction of sp³-hybridized carbons (Fsp3) is 0.500. The second kappa shape index (κ2) is 6.83. The van der Waals surface area contributed by atoms with Gasteiger partial charge in [-0.25, -0.2) is 0 Å². The largest absolute Gasteiger partial charge is 0.396 e. The number of benzene rings is 1. The topological polar surface area (TPSA) is 23.5 Å². The quantitative estimate of drug-likeness (QED) is 0.808. The SMILES string of the molecule is CCN(CCCO)Cc1ccc(Cl)cc1. The molecular formula is C12H18ClNO. The summed E-state index contributed by atoms with van der Waals surface area (Å²) < 4.78 is 0. The molecule has 1 aromatic rings. The molecule has 2 nitrogen and oxygen atoms in total. The highest BCUT2D eigenvalue weighted by Gasteiger charge is 2.02. The number of nitrogens with zero attached hydrogens (tertiary/aromatic N) is 1. The van der Waals surface area contributed by atoms with Crippen LogP contribution < -0.4 is 0 Å². The normalized spacial score (nSPS) is 10.9. The Bertz CT molecular complexity index is 273. The Labute approximate surface area is 96.5 Å². The van der Waals surface area contributed by atoms with Gasteiger partial charge in [-0.15, -0.1) is 0 Å². The van der Waals surface area contributed by atoms with Gasteiger partial charge in [0, 0.05) is 24.7 Å². The van der Waals surface area contributed by atoms with Crippen molar-refractivity contribution in [1.29, 1.82) is 0 Å². The predicted molar refractivity (Wildman–Crippen MR) is 64.1 cm³/mol. The molecule has 0 aliphatic carbocycles. The first-order chi connectivity index (χ1) is 7.26. The molecule has 0 saturated heterocycles. The Balaban J connectivity index is 2.47. The van der Waals surface area contributed by atoms with E-state index in [1.807, 2.05) is 24.3 Å². The van der Waals surface area contributed by atoms with E-state index in [-0.39, 0.29) is 6.61 Å². The predicted octanol–water partition coefficient (Wildman–Crippen LogP) is 2.54. The van der Waals surface area contributed by atoms with Crippen LogP contribution in [0.2, 0.25) is 5.02 Å². The van der Waals surface area contributed by atoms with E-state index in [1.54, 1.807) is 0 Å². The average molecular weight is 228 g/mol. The van der Waals surface area contributed by atoms with Gasteiger partial charge in [0.2, 0.25) is 0 Å². The van der Waals surface area contributed by atoms with Crippen molar-refractivity contribution in [1.82, 2.24) is 4.90 Å². The zero-order valence-corrected chi connectivity index (χ0v) is 9.87. The average Bonchev–Trinajstić information content (AvgIpc) is 2.27. The molecule has 0 bridgehead atoms. The zero-order valence-electron chi connectivity index (χ0n) is 9.12. The monoisotopic (exact) mass is 227 g/mol. The maximum absolute atomic E-state index is 8.77. The first kappa shape index (κ1) is 12.5. The lowest BCUT2D eigenvalue weighted by molar-refractivity contribution is 0.225. The van der Waals surface area contributed by atoms with Gasteiger partial charge < -0.3 is 5.11 Å². The van der Waals surface area contributed by atoms with Crippen LogP contribution >= 0.6 is 11.6 Å². The molecule has 0 saturated carbocycles. The molecule has 1 N–H and O–H groups in total. The summed E-state index contributed by atoms with van der Waals surface area (Å²) in [4.78, 5) is 2.31. The summed E-state index contributed by atoms with van der Waals surface area (Å²) in [6.07, 6.45) is 0.835. The van der Waals surface area contributed by atoms with Crippen LogP contribution in [0.25, 0.3) is 0 Å². The maximum atomic E-state index is 8.77. The highest BCUT2D eigenvalue weighted by Crippen LogP contribution is 2.11. The molecule has 0 heterocycles. The van der Waals surface area contributed by atoms with Crippen molar-refractivity contribution < 1.29 is 5.11 Å². The summed E-state index contributed by atoms with van der Waals surface area (Å²) >= 11 is 5.82. The molecule has 0 aliphatic heterocycles. The zero-order chi connectivity index (χ0) is 11.1. The Morgan fingerprint density at radius 3 is 2.47 bits per heavy atom. The number of hydrogen-bond donors (Lipinski definition) is 1. The van der Waals surface area contributed by atoms with Crippen LogP contribution in [0.1, 0.15) is 18.9 Å². The minimum Gasteiger partial charge on any atom is -0.396 e.